The van der Waals surface area contributed by atoms with Crippen LogP contribution in [-0.2, 0) is 6.42 Å². The summed E-state index contributed by atoms with van der Waals surface area (Å²) in [7, 11) is 0. The molecule has 0 N–H and O–H groups in total. The first kappa shape index (κ1) is 17.1. The summed E-state index contributed by atoms with van der Waals surface area (Å²) in [5.74, 6) is 0. The molecule has 1 aromatic heterocycles. The summed E-state index contributed by atoms with van der Waals surface area (Å²) in [5, 5.41) is 0. The molecule has 0 bridgehead atoms. The second-order valence-corrected chi connectivity index (χ2v) is 4.34. The summed E-state index contributed by atoms with van der Waals surface area (Å²) in [5.41, 5.74) is 0. The van der Waals surface area contributed by atoms with Crippen LogP contribution in [0.3, 0.4) is 0 Å². The molecule has 0 nitrogen and oxygen atoms in total. The lowest BCUT2D eigenvalue weighted by Crippen LogP contribution is -1.78. The molecule has 0 aliphatic heterocycles. The van der Waals surface area contributed by atoms with E-state index in [2.05, 4.69) is 26.0 Å². The van der Waals surface area contributed by atoms with Crippen molar-refractivity contribution in [2.45, 2.75) is 67.2 Å². The molecule has 1 heterocycles. The maximum atomic E-state index is 2.26. The van der Waals surface area contributed by atoms with Crippen LogP contribution in [0.2, 0.25) is 0 Å². The summed E-state index contributed by atoms with van der Waals surface area (Å²) in [6.07, 6.45) is 5.34. The largest absolute Gasteiger partial charge is 0.146 e. The van der Waals surface area contributed by atoms with Crippen LogP contribution >= 0.6 is 11.3 Å². The van der Waals surface area contributed by atoms with Crippen LogP contribution in [0.25, 0.3) is 0 Å². The second kappa shape index (κ2) is 13.7. The van der Waals surface area contributed by atoms with Crippen LogP contribution in [0.1, 0.15) is 63.6 Å². The zero-order valence-corrected chi connectivity index (χ0v) is 12.2. The zero-order valence-electron chi connectivity index (χ0n) is 11.4. The Morgan fingerprint density at radius 3 is 2.00 bits per heavy atom. The summed E-state index contributed by atoms with van der Waals surface area (Å²) in [6, 6.07) is 4.47. The highest BCUT2D eigenvalue weighted by atomic mass is 32.1. The fraction of sp³-hybridized carbons (Fsp3) is 0.714. The van der Waals surface area contributed by atoms with Gasteiger partial charge in [-0.3, -0.25) is 0 Å². The van der Waals surface area contributed by atoms with Crippen LogP contribution in [0.4, 0.5) is 0 Å². The highest BCUT2D eigenvalue weighted by Crippen LogP contribution is 2.17. The third-order valence-electron chi connectivity index (χ3n) is 1.82. The van der Waals surface area contributed by atoms with Crippen molar-refractivity contribution in [2.24, 2.45) is 0 Å². The SMILES string of the molecule is CC.CC.CCCCCc1ccc(C)s1. The van der Waals surface area contributed by atoms with Crippen LogP contribution in [0.15, 0.2) is 12.1 Å². The Morgan fingerprint density at radius 2 is 1.60 bits per heavy atom. The Kier molecular flexibility index (Phi) is 15.6. The van der Waals surface area contributed by atoms with Gasteiger partial charge < -0.3 is 0 Å². The summed E-state index contributed by atoms with van der Waals surface area (Å²) < 4.78 is 0. The molecular weight excluding hydrogens is 200 g/mol. The van der Waals surface area contributed by atoms with E-state index >= 15 is 0 Å². The first-order valence-corrected chi connectivity index (χ1v) is 7.20. The van der Waals surface area contributed by atoms with E-state index in [9.17, 15) is 0 Å². The molecule has 0 aliphatic carbocycles. The smallest absolute Gasteiger partial charge is 0.00480 e. The molecule has 0 aliphatic rings. The van der Waals surface area contributed by atoms with Gasteiger partial charge in [-0.1, -0.05) is 47.5 Å². The number of hydrogen-bond acceptors (Lipinski definition) is 1. The summed E-state index contributed by atoms with van der Waals surface area (Å²) in [4.78, 5) is 2.99. The molecule has 1 aromatic rings. The Morgan fingerprint density at radius 1 is 1.00 bits per heavy atom. The number of rotatable bonds is 4. The molecule has 1 heteroatoms. The lowest BCUT2D eigenvalue weighted by Gasteiger charge is -1.94. The number of aryl methyl sites for hydroxylation is 2. The molecule has 0 spiro atoms. The van der Waals surface area contributed by atoms with Crippen LogP contribution in [0, 0.1) is 6.92 Å². The maximum Gasteiger partial charge on any atom is 0.00480 e. The predicted octanol–water partition coefficient (Wildman–Crippen LogP) is 5.84. The lowest BCUT2D eigenvalue weighted by atomic mass is 10.2. The average Bonchev–Trinajstić information content (AvgIpc) is 2.71. The zero-order chi connectivity index (χ0) is 12.1. The molecule has 0 unspecified atom stereocenters. The van der Waals surface area contributed by atoms with E-state index in [1.165, 1.54) is 30.6 Å². The van der Waals surface area contributed by atoms with E-state index in [0.717, 1.165) is 0 Å². The van der Waals surface area contributed by atoms with Crippen molar-refractivity contribution in [3.63, 3.8) is 0 Å². The molecule has 0 aromatic carbocycles. The molecule has 0 saturated heterocycles. The van der Waals surface area contributed by atoms with Gasteiger partial charge in [0.2, 0.25) is 0 Å². The van der Waals surface area contributed by atoms with Crippen molar-refractivity contribution in [1.29, 1.82) is 0 Å². The quantitative estimate of drug-likeness (QED) is 0.568. The molecule has 1 rings (SSSR count). The van der Waals surface area contributed by atoms with Crippen molar-refractivity contribution in [2.75, 3.05) is 0 Å². The minimum Gasteiger partial charge on any atom is -0.146 e. The highest BCUT2D eigenvalue weighted by Gasteiger charge is 1.94. The van der Waals surface area contributed by atoms with E-state index in [0.29, 0.717) is 0 Å². The van der Waals surface area contributed by atoms with E-state index in [-0.39, 0.29) is 0 Å². The standard InChI is InChI=1S/C10H16S.2C2H6/c1-3-4-5-6-10-8-7-9(2)11-10;2*1-2/h7-8H,3-6H2,1-2H3;2*1-2H3. The Balaban J connectivity index is 0. The first-order chi connectivity index (χ1) is 7.33. The summed E-state index contributed by atoms with van der Waals surface area (Å²) in [6.45, 7) is 12.4. The minimum absolute atomic E-state index is 1.28. The Labute approximate surface area is 101 Å². The van der Waals surface area contributed by atoms with Crippen molar-refractivity contribution in [3.05, 3.63) is 21.9 Å². The second-order valence-electron chi connectivity index (χ2n) is 2.97. The number of hydrogen-bond donors (Lipinski definition) is 0. The van der Waals surface area contributed by atoms with E-state index < -0.39 is 0 Å². The highest BCUT2D eigenvalue weighted by molar-refractivity contribution is 7.11. The maximum absolute atomic E-state index is 2.26. The normalized spacial score (nSPS) is 8.40. The van der Waals surface area contributed by atoms with Gasteiger partial charge in [0.25, 0.3) is 0 Å². The average molecular weight is 228 g/mol. The predicted molar refractivity (Wildman–Crippen MR) is 75.0 cm³/mol. The monoisotopic (exact) mass is 228 g/mol. The topological polar surface area (TPSA) is 0 Å². The molecule has 90 valence electrons. The van der Waals surface area contributed by atoms with Crippen molar-refractivity contribution in [1.82, 2.24) is 0 Å². The minimum atomic E-state index is 1.28. The van der Waals surface area contributed by atoms with Gasteiger partial charge in [-0.15, -0.1) is 11.3 Å². The number of unbranched alkanes of at least 4 members (excludes halogenated alkanes) is 2. The van der Waals surface area contributed by atoms with Gasteiger partial charge in [0.15, 0.2) is 0 Å². The van der Waals surface area contributed by atoms with Crippen LogP contribution < -0.4 is 0 Å². The molecule has 15 heavy (non-hydrogen) atoms. The lowest BCUT2D eigenvalue weighted by molar-refractivity contribution is 0.722. The third-order valence-corrected chi connectivity index (χ3v) is 2.88. The van der Waals surface area contributed by atoms with E-state index in [1.807, 2.05) is 39.0 Å². The van der Waals surface area contributed by atoms with Gasteiger partial charge in [0.1, 0.15) is 0 Å². The van der Waals surface area contributed by atoms with Gasteiger partial charge in [0, 0.05) is 9.75 Å². The fourth-order valence-corrected chi connectivity index (χ4v) is 2.10. The van der Waals surface area contributed by atoms with Gasteiger partial charge in [-0.2, -0.15) is 0 Å². The Bertz CT molecular complexity index is 201. The van der Waals surface area contributed by atoms with Crippen molar-refractivity contribution >= 4 is 11.3 Å². The van der Waals surface area contributed by atoms with Crippen molar-refractivity contribution < 1.29 is 0 Å². The molecule has 0 amide bonds. The Hall–Kier alpha value is -0.300. The van der Waals surface area contributed by atoms with Crippen LogP contribution in [-0.4, -0.2) is 0 Å². The van der Waals surface area contributed by atoms with E-state index in [4.69, 9.17) is 0 Å². The van der Waals surface area contributed by atoms with Crippen molar-refractivity contribution in [3.8, 4) is 0 Å². The number of thiophene rings is 1. The molecule has 0 radical (unpaired) electrons. The molecular formula is C14H28S. The first-order valence-electron chi connectivity index (χ1n) is 6.38. The van der Waals surface area contributed by atoms with Gasteiger partial charge in [-0.25, -0.2) is 0 Å². The molecule has 0 saturated carbocycles. The van der Waals surface area contributed by atoms with Crippen LogP contribution in [0.5, 0.6) is 0 Å². The van der Waals surface area contributed by atoms with E-state index in [1.54, 1.807) is 4.88 Å². The summed E-state index contributed by atoms with van der Waals surface area (Å²) >= 11 is 1.94. The molecule has 0 atom stereocenters. The van der Waals surface area contributed by atoms with Gasteiger partial charge in [-0.05, 0) is 31.9 Å². The molecule has 0 fully saturated rings. The third kappa shape index (κ3) is 9.99. The van der Waals surface area contributed by atoms with Gasteiger partial charge >= 0.3 is 0 Å². The fourth-order valence-electron chi connectivity index (χ4n) is 1.17. The van der Waals surface area contributed by atoms with Gasteiger partial charge in [0.05, 0.1) is 0 Å².